The fourth-order valence-corrected chi connectivity index (χ4v) is 3.62. The molecule has 1 fully saturated rings. The third-order valence-electron chi connectivity index (χ3n) is 4.81. The van der Waals surface area contributed by atoms with Crippen molar-refractivity contribution < 1.29 is 4.79 Å². The van der Waals surface area contributed by atoms with E-state index < -0.39 is 0 Å². The fraction of sp³-hybridized carbons (Fsp3) is 0.353. The van der Waals surface area contributed by atoms with Gasteiger partial charge in [0.05, 0.1) is 23.8 Å². The van der Waals surface area contributed by atoms with Crippen molar-refractivity contribution >= 4 is 11.4 Å². The van der Waals surface area contributed by atoms with Crippen molar-refractivity contribution in [3.8, 4) is 0 Å². The Labute approximate surface area is 139 Å². The number of rotatable bonds is 4. The minimum absolute atomic E-state index is 0.0954. The van der Waals surface area contributed by atoms with Crippen LogP contribution in [0.1, 0.15) is 17.0 Å². The summed E-state index contributed by atoms with van der Waals surface area (Å²) in [6.07, 6.45) is 7.64. The zero-order chi connectivity index (χ0) is 16.7. The van der Waals surface area contributed by atoms with E-state index in [0.29, 0.717) is 6.54 Å². The average Bonchev–Trinajstić information content (AvgIpc) is 3.26. The Morgan fingerprint density at radius 2 is 2.17 bits per heavy atom. The van der Waals surface area contributed by atoms with Gasteiger partial charge in [-0.2, -0.15) is 10.2 Å². The zero-order valence-corrected chi connectivity index (χ0v) is 13.5. The molecule has 3 aromatic rings. The number of likely N-dealkylation sites (tertiary alicyclic amines) is 1. The number of nitrogens with zero attached hydrogens (tertiary/aromatic N) is 5. The van der Waals surface area contributed by atoms with Crippen LogP contribution in [-0.4, -0.2) is 43.3 Å². The van der Waals surface area contributed by atoms with Crippen LogP contribution >= 0.6 is 0 Å². The van der Waals surface area contributed by atoms with E-state index in [0.717, 1.165) is 29.7 Å². The van der Waals surface area contributed by atoms with Gasteiger partial charge in [-0.3, -0.25) is 14.4 Å². The first-order chi connectivity index (χ1) is 11.6. The van der Waals surface area contributed by atoms with Gasteiger partial charge in [-0.05, 0) is 17.7 Å². The van der Waals surface area contributed by atoms with Gasteiger partial charge in [-0.25, -0.2) is 4.52 Å². The molecule has 0 spiro atoms. The Morgan fingerprint density at radius 1 is 1.29 bits per heavy atom. The number of hydrogen-bond donors (Lipinski definition) is 1. The van der Waals surface area contributed by atoms with Gasteiger partial charge < -0.3 is 5.73 Å². The van der Waals surface area contributed by atoms with Gasteiger partial charge in [0.2, 0.25) is 5.91 Å². The molecule has 2 N–H and O–H groups in total. The Balaban J connectivity index is 1.57. The van der Waals surface area contributed by atoms with Gasteiger partial charge in [0.25, 0.3) is 0 Å². The first kappa shape index (κ1) is 14.9. The van der Waals surface area contributed by atoms with E-state index >= 15 is 0 Å². The van der Waals surface area contributed by atoms with Gasteiger partial charge >= 0.3 is 0 Å². The third kappa shape index (κ3) is 2.56. The largest absolute Gasteiger partial charge is 0.369 e. The van der Waals surface area contributed by atoms with Crippen molar-refractivity contribution in [2.45, 2.75) is 12.5 Å². The molecule has 1 saturated heterocycles. The van der Waals surface area contributed by atoms with Crippen molar-refractivity contribution in [3.05, 3.63) is 54.1 Å². The van der Waals surface area contributed by atoms with Gasteiger partial charge in [-0.1, -0.05) is 6.07 Å². The Morgan fingerprint density at radius 3 is 2.92 bits per heavy atom. The summed E-state index contributed by atoms with van der Waals surface area (Å²) < 4.78 is 3.64. The van der Waals surface area contributed by atoms with Crippen LogP contribution in [0.5, 0.6) is 0 Å². The van der Waals surface area contributed by atoms with E-state index in [9.17, 15) is 4.79 Å². The predicted octanol–water partition coefficient (Wildman–Crippen LogP) is 0.769. The minimum atomic E-state index is -0.244. The van der Waals surface area contributed by atoms with Gasteiger partial charge in [-0.15, -0.1) is 0 Å². The molecule has 2 atom stereocenters. The molecule has 1 aliphatic heterocycles. The molecule has 0 aromatic carbocycles. The van der Waals surface area contributed by atoms with Gasteiger partial charge in [0.1, 0.15) is 0 Å². The number of aryl methyl sites for hydroxylation is 1. The quantitative estimate of drug-likeness (QED) is 0.768. The molecule has 4 rings (SSSR count). The number of carbonyl (C=O) groups is 1. The van der Waals surface area contributed by atoms with Crippen molar-refractivity contribution in [2.75, 3.05) is 13.1 Å². The molecule has 0 aliphatic carbocycles. The Hall–Kier alpha value is -2.67. The number of aromatic nitrogens is 4. The molecule has 0 radical (unpaired) electrons. The van der Waals surface area contributed by atoms with Gasteiger partial charge in [0, 0.05) is 50.6 Å². The highest BCUT2D eigenvalue weighted by atomic mass is 16.1. The number of carbonyl (C=O) groups excluding carboxylic acids is 1. The van der Waals surface area contributed by atoms with E-state index in [1.807, 2.05) is 48.5 Å². The average molecular weight is 324 g/mol. The molecule has 0 unspecified atom stereocenters. The molecule has 7 nitrogen and oxygen atoms in total. The van der Waals surface area contributed by atoms with Crippen LogP contribution in [0.3, 0.4) is 0 Å². The maximum Gasteiger partial charge on any atom is 0.222 e. The van der Waals surface area contributed by atoms with E-state index in [1.54, 1.807) is 4.68 Å². The van der Waals surface area contributed by atoms with E-state index in [2.05, 4.69) is 21.2 Å². The van der Waals surface area contributed by atoms with Gasteiger partial charge in [0.15, 0.2) is 0 Å². The molecular formula is C17H20N6O. The van der Waals surface area contributed by atoms with Crippen LogP contribution in [0, 0.1) is 5.92 Å². The minimum Gasteiger partial charge on any atom is -0.369 e. The third-order valence-corrected chi connectivity index (χ3v) is 4.81. The monoisotopic (exact) mass is 324 g/mol. The second kappa shape index (κ2) is 5.76. The normalized spacial score (nSPS) is 21.5. The lowest BCUT2D eigenvalue weighted by Gasteiger charge is -2.14. The van der Waals surface area contributed by atoms with Crippen LogP contribution < -0.4 is 5.73 Å². The SMILES string of the molecule is Cn1cc([C@H]2CN(Cc3cnn4ccccc34)C[C@@H]2C(N)=O)cn1. The summed E-state index contributed by atoms with van der Waals surface area (Å²) >= 11 is 0. The topological polar surface area (TPSA) is 81.5 Å². The molecule has 124 valence electrons. The first-order valence-corrected chi connectivity index (χ1v) is 8.03. The number of amides is 1. The van der Waals surface area contributed by atoms with Crippen molar-refractivity contribution in [1.82, 2.24) is 24.3 Å². The summed E-state index contributed by atoms with van der Waals surface area (Å²) in [6, 6.07) is 6.03. The molecule has 0 bridgehead atoms. The number of primary amides is 1. The Kier molecular flexibility index (Phi) is 3.57. The van der Waals surface area contributed by atoms with Crippen LogP contribution in [0.25, 0.3) is 5.52 Å². The molecule has 1 aliphatic rings. The van der Waals surface area contributed by atoms with Crippen LogP contribution in [0.4, 0.5) is 0 Å². The summed E-state index contributed by atoms with van der Waals surface area (Å²) in [7, 11) is 1.88. The lowest BCUT2D eigenvalue weighted by atomic mass is 9.90. The molecule has 7 heteroatoms. The highest BCUT2D eigenvalue weighted by Crippen LogP contribution is 2.33. The van der Waals surface area contributed by atoms with E-state index in [-0.39, 0.29) is 17.7 Å². The molecule has 4 heterocycles. The summed E-state index contributed by atoms with van der Waals surface area (Å²) in [5, 5.41) is 8.61. The van der Waals surface area contributed by atoms with Crippen LogP contribution in [0.15, 0.2) is 43.0 Å². The van der Waals surface area contributed by atoms with Crippen LogP contribution in [0.2, 0.25) is 0 Å². The smallest absolute Gasteiger partial charge is 0.222 e. The molecule has 24 heavy (non-hydrogen) atoms. The maximum atomic E-state index is 11.9. The van der Waals surface area contributed by atoms with E-state index in [1.165, 1.54) is 0 Å². The maximum absolute atomic E-state index is 11.9. The highest BCUT2D eigenvalue weighted by molar-refractivity contribution is 5.78. The highest BCUT2D eigenvalue weighted by Gasteiger charge is 2.38. The van der Waals surface area contributed by atoms with Crippen molar-refractivity contribution in [1.29, 1.82) is 0 Å². The molecular weight excluding hydrogens is 304 g/mol. The van der Waals surface area contributed by atoms with E-state index in [4.69, 9.17) is 5.73 Å². The van der Waals surface area contributed by atoms with Crippen molar-refractivity contribution in [3.63, 3.8) is 0 Å². The second-order valence-electron chi connectivity index (χ2n) is 6.46. The lowest BCUT2D eigenvalue weighted by Crippen LogP contribution is -2.29. The fourth-order valence-electron chi connectivity index (χ4n) is 3.62. The first-order valence-electron chi connectivity index (χ1n) is 8.03. The van der Waals surface area contributed by atoms with Crippen molar-refractivity contribution in [2.24, 2.45) is 18.7 Å². The second-order valence-corrected chi connectivity index (χ2v) is 6.46. The number of hydrogen-bond acceptors (Lipinski definition) is 4. The summed E-state index contributed by atoms with van der Waals surface area (Å²) in [5.41, 5.74) is 8.98. The number of nitrogens with two attached hydrogens (primary N) is 1. The standard InChI is InChI=1S/C17H20N6O/c1-21-8-12(6-19-21)14-10-22(11-15(14)17(18)24)9-13-7-20-23-5-3-2-4-16(13)23/h2-8,14-15H,9-11H2,1H3,(H2,18,24)/t14-,15+/m1/s1. The zero-order valence-electron chi connectivity index (χ0n) is 13.5. The molecule has 3 aromatic heterocycles. The number of pyridine rings is 1. The Bertz CT molecular complexity index is 882. The summed E-state index contributed by atoms with van der Waals surface area (Å²) in [5.74, 6) is -0.333. The predicted molar refractivity (Wildman–Crippen MR) is 89.1 cm³/mol. The number of fused-ring (bicyclic) bond motifs is 1. The summed E-state index contributed by atoms with van der Waals surface area (Å²) in [6.45, 7) is 2.22. The lowest BCUT2D eigenvalue weighted by molar-refractivity contribution is -0.121. The molecule has 0 saturated carbocycles. The van der Waals surface area contributed by atoms with Crippen LogP contribution in [-0.2, 0) is 18.4 Å². The molecule has 1 amide bonds. The summed E-state index contributed by atoms with van der Waals surface area (Å²) in [4.78, 5) is 14.2.